The molecule has 1 amide bonds. The summed E-state index contributed by atoms with van der Waals surface area (Å²) in [7, 11) is 0. The summed E-state index contributed by atoms with van der Waals surface area (Å²) in [4.78, 5) is 28.2. The van der Waals surface area contributed by atoms with E-state index in [1.807, 2.05) is 16.7 Å². The standard InChI is InChI=1S/C28H35N11O/c1-18(2)39-17-31-25-26(30-13-12-29)34-28(35-27(25)39)33-24-16-21(8-11-23(24)32-19(3)40)37-36-20-6-9-22(10-7-20)38-14-4-5-15-38/h6-11,16-18H,4-5,12-15,29H2,1-3H3,(H,32,40)(H2,30,33,34,35)/b37-36+. The van der Waals surface area contributed by atoms with E-state index < -0.39 is 0 Å². The maximum absolute atomic E-state index is 11.9. The van der Waals surface area contributed by atoms with Crippen molar-refractivity contribution >= 4 is 57.3 Å². The summed E-state index contributed by atoms with van der Waals surface area (Å²) in [6.45, 7) is 8.75. The number of nitrogens with one attached hydrogen (secondary N) is 3. The lowest BCUT2D eigenvalue weighted by atomic mass is 10.2. The lowest BCUT2D eigenvalue weighted by molar-refractivity contribution is -0.114. The minimum Gasteiger partial charge on any atom is -0.372 e. The number of hydrogen-bond acceptors (Lipinski definition) is 10. The molecule has 0 atom stereocenters. The second-order valence-corrected chi connectivity index (χ2v) is 9.98. The Morgan fingerprint density at radius 1 is 1.02 bits per heavy atom. The van der Waals surface area contributed by atoms with Gasteiger partial charge in [-0.3, -0.25) is 4.79 Å². The Balaban J connectivity index is 1.44. The zero-order valence-corrected chi connectivity index (χ0v) is 23.1. The zero-order chi connectivity index (χ0) is 28.1. The van der Waals surface area contributed by atoms with Crippen LogP contribution in [0.3, 0.4) is 0 Å². The molecule has 208 valence electrons. The van der Waals surface area contributed by atoms with Crippen molar-refractivity contribution in [3.05, 3.63) is 48.8 Å². The number of fused-ring (bicyclic) bond motifs is 1. The molecule has 0 bridgehead atoms. The Morgan fingerprint density at radius 2 is 1.75 bits per heavy atom. The van der Waals surface area contributed by atoms with Crippen LogP contribution in [-0.4, -0.2) is 51.6 Å². The van der Waals surface area contributed by atoms with Gasteiger partial charge in [-0.15, -0.1) is 0 Å². The summed E-state index contributed by atoms with van der Waals surface area (Å²) in [6, 6.07) is 13.6. The van der Waals surface area contributed by atoms with Crippen molar-refractivity contribution in [1.29, 1.82) is 0 Å². The molecule has 1 aliphatic heterocycles. The first-order valence-corrected chi connectivity index (χ1v) is 13.5. The van der Waals surface area contributed by atoms with Gasteiger partial charge in [-0.2, -0.15) is 20.2 Å². The fourth-order valence-electron chi connectivity index (χ4n) is 4.60. The third-order valence-corrected chi connectivity index (χ3v) is 6.58. The van der Waals surface area contributed by atoms with E-state index in [-0.39, 0.29) is 11.9 Å². The monoisotopic (exact) mass is 541 g/mol. The maximum atomic E-state index is 11.9. The number of carbonyl (C=O) groups excluding carboxylic acids is 1. The molecule has 0 radical (unpaired) electrons. The van der Waals surface area contributed by atoms with Gasteiger partial charge in [0.1, 0.15) is 0 Å². The van der Waals surface area contributed by atoms with E-state index in [1.54, 1.807) is 24.5 Å². The molecule has 40 heavy (non-hydrogen) atoms. The normalized spacial score (nSPS) is 13.5. The molecule has 12 nitrogen and oxygen atoms in total. The molecule has 1 fully saturated rings. The van der Waals surface area contributed by atoms with Crippen LogP contribution in [0.25, 0.3) is 11.2 Å². The third kappa shape index (κ3) is 6.18. The number of amides is 1. The van der Waals surface area contributed by atoms with Crippen molar-refractivity contribution in [3.63, 3.8) is 0 Å². The van der Waals surface area contributed by atoms with E-state index in [2.05, 4.69) is 67.0 Å². The summed E-state index contributed by atoms with van der Waals surface area (Å²) in [5, 5.41) is 18.2. The van der Waals surface area contributed by atoms with Gasteiger partial charge >= 0.3 is 0 Å². The van der Waals surface area contributed by atoms with Crippen LogP contribution in [0.2, 0.25) is 0 Å². The van der Waals surface area contributed by atoms with Gasteiger partial charge in [-0.25, -0.2) is 4.98 Å². The summed E-state index contributed by atoms with van der Waals surface area (Å²) < 4.78 is 1.98. The predicted octanol–water partition coefficient (Wildman–Crippen LogP) is 5.50. The first-order chi connectivity index (χ1) is 19.4. The van der Waals surface area contributed by atoms with Gasteiger partial charge in [0.25, 0.3) is 0 Å². The highest BCUT2D eigenvalue weighted by Gasteiger charge is 2.16. The van der Waals surface area contributed by atoms with E-state index in [1.165, 1.54) is 25.5 Å². The Labute approximate surface area is 233 Å². The smallest absolute Gasteiger partial charge is 0.231 e. The summed E-state index contributed by atoms with van der Waals surface area (Å²) in [5.41, 5.74) is 10.8. The van der Waals surface area contributed by atoms with Crippen molar-refractivity contribution in [2.24, 2.45) is 16.0 Å². The average molecular weight is 542 g/mol. The molecule has 1 saturated heterocycles. The number of azo groups is 1. The van der Waals surface area contributed by atoms with Gasteiger partial charge in [0.05, 0.1) is 29.1 Å². The van der Waals surface area contributed by atoms with Gasteiger partial charge < -0.3 is 31.2 Å². The summed E-state index contributed by atoms with van der Waals surface area (Å²) in [6.07, 6.45) is 4.22. The number of anilines is 5. The molecule has 1 aliphatic rings. The third-order valence-electron chi connectivity index (χ3n) is 6.58. The van der Waals surface area contributed by atoms with Crippen molar-refractivity contribution in [2.75, 3.05) is 47.0 Å². The molecule has 0 aliphatic carbocycles. The average Bonchev–Trinajstić information content (AvgIpc) is 3.63. The van der Waals surface area contributed by atoms with E-state index in [0.717, 1.165) is 18.8 Å². The lowest BCUT2D eigenvalue weighted by Crippen LogP contribution is -2.17. The molecule has 0 spiro atoms. The number of hydrogen-bond donors (Lipinski definition) is 4. The summed E-state index contributed by atoms with van der Waals surface area (Å²) in [5.74, 6) is 0.717. The van der Waals surface area contributed by atoms with Crippen LogP contribution < -0.4 is 26.6 Å². The Hall–Kier alpha value is -4.58. The molecule has 2 aromatic heterocycles. The van der Waals surface area contributed by atoms with Crippen LogP contribution in [0.4, 0.5) is 40.2 Å². The molecule has 5 N–H and O–H groups in total. The molecule has 0 saturated carbocycles. The Morgan fingerprint density at radius 3 is 2.45 bits per heavy atom. The lowest BCUT2D eigenvalue weighted by Gasteiger charge is -2.17. The molecular weight excluding hydrogens is 506 g/mol. The van der Waals surface area contributed by atoms with Crippen LogP contribution >= 0.6 is 0 Å². The zero-order valence-electron chi connectivity index (χ0n) is 23.1. The first-order valence-electron chi connectivity index (χ1n) is 13.5. The van der Waals surface area contributed by atoms with E-state index in [9.17, 15) is 4.79 Å². The van der Waals surface area contributed by atoms with Crippen molar-refractivity contribution < 1.29 is 4.79 Å². The molecule has 0 unspecified atom stereocenters. The van der Waals surface area contributed by atoms with Crippen LogP contribution in [0.1, 0.15) is 39.7 Å². The minimum atomic E-state index is -0.199. The van der Waals surface area contributed by atoms with Crippen LogP contribution in [0.15, 0.2) is 59.0 Å². The van der Waals surface area contributed by atoms with Crippen molar-refractivity contribution in [2.45, 2.75) is 39.7 Å². The van der Waals surface area contributed by atoms with E-state index in [4.69, 9.17) is 10.7 Å². The fraction of sp³-hybridized carbons (Fsp3) is 0.357. The molecule has 5 rings (SSSR count). The summed E-state index contributed by atoms with van der Waals surface area (Å²) >= 11 is 0. The fourth-order valence-corrected chi connectivity index (χ4v) is 4.60. The number of aromatic nitrogens is 4. The van der Waals surface area contributed by atoms with Crippen LogP contribution in [-0.2, 0) is 4.79 Å². The number of carbonyl (C=O) groups is 1. The SMILES string of the molecule is CC(=O)Nc1ccc(/N=N/c2ccc(N3CCCC3)cc2)cc1Nc1nc(NCCN)c2ncn(C(C)C)c2n1. The number of rotatable bonds is 10. The Kier molecular flexibility index (Phi) is 8.15. The minimum absolute atomic E-state index is 0.151. The first kappa shape index (κ1) is 27.0. The van der Waals surface area contributed by atoms with Gasteiger partial charge in [0, 0.05) is 44.8 Å². The maximum Gasteiger partial charge on any atom is 0.231 e. The van der Waals surface area contributed by atoms with Crippen LogP contribution in [0.5, 0.6) is 0 Å². The second-order valence-electron chi connectivity index (χ2n) is 9.98. The largest absolute Gasteiger partial charge is 0.372 e. The highest BCUT2D eigenvalue weighted by Crippen LogP contribution is 2.32. The number of nitrogens with two attached hydrogens (primary N) is 1. The van der Waals surface area contributed by atoms with E-state index in [0.29, 0.717) is 53.1 Å². The number of benzene rings is 2. The van der Waals surface area contributed by atoms with E-state index >= 15 is 0 Å². The van der Waals surface area contributed by atoms with Gasteiger partial charge in [0.2, 0.25) is 11.9 Å². The van der Waals surface area contributed by atoms with Gasteiger partial charge in [-0.1, -0.05) is 0 Å². The molecule has 2 aromatic carbocycles. The molecule has 4 aromatic rings. The molecular formula is C28H35N11O. The number of nitrogens with zero attached hydrogens (tertiary/aromatic N) is 7. The van der Waals surface area contributed by atoms with Gasteiger partial charge in [-0.05, 0) is 69.2 Å². The highest BCUT2D eigenvalue weighted by molar-refractivity contribution is 5.94. The Bertz CT molecular complexity index is 1500. The quantitative estimate of drug-likeness (QED) is 0.192. The second kappa shape index (κ2) is 12.1. The predicted molar refractivity (Wildman–Crippen MR) is 159 cm³/mol. The highest BCUT2D eigenvalue weighted by atomic mass is 16.1. The van der Waals surface area contributed by atoms with Gasteiger partial charge in [0.15, 0.2) is 17.0 Å². The number of imidazole rings is 1. The van der Waals surface area contributed by atoms with Crippen molar-refractivity contribution in [3.8, 4) is 0 Å². The molecule has 3 heterocycles. The van der Waals surface area contributed by atoms with Crippen LogP contribution in [0, 0.1) is 0 Å². The molecule has 12 heteroatoms. The topological polar surface area (TPSA) is 151 Å². The van der Waals surface area contributed by atoms with Crippen molar-refractivity contribution in [1.82, 2.24) is 19.5 Å².